The summed E-state index contributed by atoms with van der Waals surface area (Å²) in [6.07, 6.45) is 0.131. The quantitative estimate of drug-likeness (QED) is 0.599. The predicted molar refractivity (Wildman–Crippen MR) is 69.2 cm³/mol. The fourth-order valence-corrected chi connectivity index (χ4v) is 1.85. The third-order valence-electron chi connectivity index (χ3n) is 3.65. The first-order valence-electron chi connectivity index (χ1n) is 6.14. The van der Waals surface area contributed by atoms with Crippen LogP contribution in [0.2, 0.25) is 0 Å². The molecule has 1 aliphatic rings. The summed E-state index contributed by atoms with van der Waals surface area (Å²) in [4.78, 5) is 3.80. The summed E-state index contributed by atoms with van der Waals surface area (Å²) < 4.78 is 25.1. The minimum Gasteiger partial charge on any atom is -0.398 e. The van der Waals surface area contributed by atoms with Gasteiger partial charge in [0.05, 0.1) is 29.3 Å². The van der Waals surface area contributed by atoms with Gasteiger partial charge in [0, 0.05) is 0 Å². The van der Waals surface area contributed by atoms with E-state index in [1.54, 1.807) is 6.07 Å². The molecule has 0 saturated carbocycles. The van der Waals surface area contributed by atoms with Gasteiger partial charge in [-0.25, -0.2) is 4.98 Å². The molecular weight excluding hydrogens is 246 g/mol. The molecule has 1 aromatic heterocycles. The molecule has 19 heavy (non-hydrogen) atoms. The van der Waals surface area contributed by atoms with Crippen LogP contribution in [0.4, 0.5) is 4.39 Å². The first-order valence-corrected chi connectivity index (χ1v) is 6.14. The average molecular weight is 262 g/mol. The number of aromatic nitrogens is 1. The highest BCUT2D eigenvalue weighted by Gasteiger charge is 2.52. The van der Waals surface area contributed by atoms with Gasteiger partial charge in [-0.2, -0.15) is 9.65 Å². The van der Waals surface area contributed by atoms with Gasteiger partial charge in [-0.1, -0.05) is 0 Å². The Kier molecular flexibility index (Phi) is 3.37. The van der Waals surface area contributed by atoms with E-state index in [9.17, 15) is 4.39 Å². The molecule has 2 heterocycles. The lowest BCUT2D eigenvalue weighted by Crippen LogP contribution is -2.41. The molecule has 1 fully saturated rings. The van der Waals surface area contributed by atoms with Crippen molar-refractivity contribution in [1.29, 1.82) is 5.26 Å². The SMILES string of the molecule is CC1(C)OB(c2cc(CC#N)cc(F)n2)OC1(C)C. The Morgan fingerprint density at radius 2 is 1.84 bits per heavy atom. The van der Waals surface area contributed by atoms with Crippen LogP contribution in [0, 0.1) is 17.3 Å². The van der Waals surface area contributed by atoms with Crippen molar-refractivity contribution in [3.05, 3.63) is 23.6 Å². The van der Waals surface area contributed by atoms with Crippen LogP contribution in [0.3, 0.4) is 0 Å². The van der Waals surface area contributed by atoms with Gasteiger partial charge >= 0.3 is 7.12 Å². The highest BCUT2D eigenvalue weighted by atomic mass is 19.1. The van der Waals surface area contributed by atoms with Gasteiger partial charge in [0.25, 0.3) is 0 Å². The maximum atomic E-state index is 13.5. The van der Waals surface area contributed by atoms with Crippen molar-refractivity contribution >= 4 is 12.7 Å². The van der Waals surface area contributed by atoms with Gasteiger partial charge in [-0.05, 0) is 45.4 Å². The highest BCUT2D eigenvalue weighted by Crippen LogP contribution is 2.36. The summed E-state index contributed by atoms with van der Waals surface area (Å²) >= 11 is 0. The minimum atomic E-state index is -0.710. The standard InChI is InChI=1S/C13H16BFN2O2/c1-12(2)13(3,4)19-14(18-12)10-7-9(5-6-16)8-11(15)17-10/h7-8H,5H2,1-4H3. The van der Waals surface area contributed by atoms with Crippen LogP contribution < -0.4 is 5.59 Å². The summed E-state index contributed by atoms with van der Waals surface area (Å²) in [5.41, 5.74) is -0.0640. The molecule has 0 bridgehead atoms. The smallest absolute Gasteiger partial charge is 0.398 e. The molecule has 2 rings (SSSR count). The Hall–Kier alpha value is -1.45. The first-order chi connectivity index (χ1) is 8.75. The zero-order chi connectivity index (χ0) is 14.3. The summed E-state index contributed by atoms with van der Waals surface area (Å²) in [5, 5.41) is 8.68. The second kappa shape index (κ2) is 4.59. The number of nitrogens with zero attached hydrogens (tertiary/aromatic N) is 2. The Bertz CT molecular complexity index is 524. The molecule has 0 aromatic carbocycles. The van der Waals surface area contributed by atoms with E-state index in [0.717, 1.165) is 0 Å². The monoisotopic (exact) mass is 262 g/mol. The molecule has 0 amide bonds. The van der Waals surface area contributed by atoms with Crippen LogP contribution in [0.15, 0.2) is 12.1 Å². The van der Waals surface area contributed by atoms with Crippen molar-refractivity contribution in [2.75, 3.05) is 0 Å². The van der Waals surface area contributed by atoms with Gasteiger partial charge in [0.1, 0.15) is 0 Å². The van der Waals surface area contributed by atoms with E-state index in [4.69, 9.17) is 14.6 Å². The van der Waals surface area contributed by atoms with Gasteiger partial charge in [-0.3, -0.25) is 0 Å². The molecule has 0 radical (unpaired) electrons. The van der Waals surface area contributed by atoms with Crippen LogP contribution in [-0.4, -0.2) is 23.3 Å². The zero-order valence-corrected chi connectivity index (χ0v) is 11.5. The van der Waals surface area contributed by atoms with E-state index in [2.05, 4.69) is 4.98 Å². The Labute approximate surface area is 112 Å². The molecule has 6 heteroatoms. The maximum absolute atomic E-state index is 13.5. The molecule has 1 aliphatic heterocycles. The fourth-order valence-electron chi connectivity index (χ4n) is 1.85. The second-order valence-corrected chi connectivity index (χ2v) is 5.65. The maximum Gasteiger partial charge on any atom is 0.514 e. The van der Waals surface area contributed by atoms with Gasteiger partial charge in [-0.15, -0.1) is 0 Å². The lowest BCUT2D eigenvalue weighted by Gasteiger charge is -2.32. The van der Waals surface area contributed by atoms with E-state index in [0.29, 0.717) is 11.2 Å². The average Bonchev–Trinajstić information content (AvgIpc) is 2.48. The number of nitriles is 1. The minimum absolute atomic E-state index is 0.131. The van der Waals surface area contributed by atoms with E-state index in [1.165, 1.54) is 6.07 Å². The molecule has 0 unspecified atom stereocenters. The Morgan fingerprint density at radius 3 is 2.37 bits per heavy atom. The molecule has 1 saturated heterocycles. The fraction of sp³-hybridized carbons (Fsp3) is 0.538. The first kappa shape index (κ1) is 14.0. The second-order valence-electron chi connectivity index (χ2n) is 5.65. The normalized spacial score (nSPS) is 20.3. The van der Waals surface area contributed by atoms with Crippen molar-refractivity contribution < 1.29 is 13.7 Å². The molecule has 0 atom stereocenters. The van der Waals surface area contributed by atoms with E-state index >= 15 is 0 Å². The zero-order valence-electron chi connectivity index (χ0n) is 11.5. The summed E-state index contributed by atoms with van der Waals surface area (Å²) in [5.74, 6) is -0.627. The Morgan fingerprint density at radius 1 is 1.26 bits per heavy atom. The molecule has 4 nitrogen and oxygen atoms in total. The number of pyridine rings is 1. The summed E-state index contributed by atoms with van der Waals surface area (Å²) in [7, 11) is -0.710. The van der Waals surface area contributed by atoms with Crippen molar-refractivity contribution in [2.24, 2.45) is 0 Å². The summed E-state index contributed by atoms with van der Waals surface area (Å²) in [6, 6.07) is 4.88. The number of rotatable bonds is 2. The third-order valence-corrected chi connectivity index (χ3v) is 3.65. The number of hydrogen-bond donors (Lipinski definition) is 0. The van der Waals surface area contributed by atoms with Crippen molar-refractivity contribution in [3.8, 4) is 6.07 Å². The molecule has 0 spiro atoms. The predicted octanol–water partition coefficient (Wildman–Crippen LogP) is 1.59. The highest BCUT2D eigenvalue weighted by molar-refractivity contribution is 6.61. The lowest BCUT2D eigenvalue weighted by atomic mass is 9.83. The third kappa shape index (κ3) is 2.62. The summed E-state index contributed by atoms with van der Waals surface area (Å²) in [6.45, 7) is 7.68. The molecule has 0 aliphatic carbocycles. The molecule has 1 aromatic rings. The van der Waals surface area contributed by atoms with Crippen LogP contribution in [0.1, 0.15) is 33.3 Å². The van der Waals surface area contributed by atoms with Crippen molar-refractivity contribution in [3.63, 3.8) is 0 Å². The topological polar surface area (TPSA) is 55.1 Å². The molecular formula is C13H16BFN2O2. The van der Waals surface area contributed by atoms with Crippen LogP contribution >= 0.6 is 0 Å². The van der Waals surface area contributed by atoms with Gasteiger partial charge < -0.3 is 9.31 Å². The molecule has 0 N–H and O–H groups in total. The largest absolute Gasteiger partial charge is 0.514 e. The number of hydrogen-bond acceptors (Lipinski definition) is 4. The van der Waals surface area contributed by atoms with Crippen LogP contribution in [0.5, 0.6) is 0 Å². The van der Waals surface area contributed by atoms with Gasteiger partial charge in [0.15, 0.2) is 0 Å². The van der Waals surface area contributed by atoms with Crippen molar-refractivity contribution in [1.82, 2.24) is 4.98 Å². The van der Waals surface area contributed by atoms with E-state index < -0.39 is 24.3 Å². The van der Waals surface area contributed by atoms with Gasteiger partial charge in [0.2, 0.25) is 5.95 Å². The lowest BCUT2D eigenvalue weighted by molar-refractivity contribution is 0.00578. The number of halogens is 1. The van der Waals surface area contributed by atoms with Crippen LogP contribution in [-0.2, 0) is 15.7 Å². The van der Waals surface area contributed by atoms with E-state index in [-0.39, 0.29) is 6.42 Å². The van der Waals surface area contributed by atoms with Crippen molar-refractivity contribution in [2.45, 2.75) is 45.3 Å². The Balaban J connectivity index is 2.32. The van der Waals surface area contributed by atoms with E-state index in [1.807, 2.05) is 33.8 Å². The molecule has 100 valence electrons. The van der Waals surface area contributed by atoms with Crippen LogP contribution in [0.25, 0.3) is 0 Å².